The van der Waals surface area contributed by atoms with Crippen molar-refractivity contribution in [3.05, 3.63) is 30.2 Å². The summed E-state index contributed by atoms with van der Waals surface area (Å²) in [5.41, 5.74) is 0.801. The van der Waals surface area contributed by atoms with Crippen molar-refractivity contribution < 1.29 is 4.79 Å². The van der Waals surface area contributed by atoms with Gasteiger partial charge in [-0.05, 0) is 44.0 Å². The zero-order chi connectivity index (χ0) is 13.8. The molecule has 1 amide bonds. The lowest BCUT2D eigenvalue weighted by atomic mass is 9.94. The van der Waals surface area contributed by atoms with Gasteiger partial charge in [0.25, 0.3) is 0 Å². The second-order valence-electron chi connectivity index (χ2n) is 5.22. The normalized spacial score (nSPS) is 16.4. The lowest BCUT2D eigenvalue weighted by Gasteiger charge is -2.21. The molecule has 2 aromatic rings. The maximum Gasteiger partial charge on any atom is 0.220 e. The Morgan fingerprint density at radius 3 is 3.05 bits per heavy atom. The van der Waals surface area contributed by atoms with Gasteiger partial charge >= 0.3 is 0 Å². The molecule has 1 aliphatic rings. The molecule has 1 aliphatic heterocycles. The number of aromatic nitrogens is 3. The fraction of sp³-hybridized carbons (Fsp3) is 0.500. The van der Waals surface area contributed by atoms with Crippen molar-refractivity contribution in [3.8, 4) is 0 Å². The lowest BCUT2D eigenvalue weighted by Crippen LogP contribution is -2.32. The number of carbonyl (C=O) groups is 1. The molecule has 0 radical (unpaired) electrons. The molecule has 0 unspecified atom stereocenters. The molecule has 0 saturated carbocycles. The van der Waals surface area contributed by atoms with Crippen LogP contribution in [0.1, 0.15) is 25.1 Å². The van der Waals surface area contributed by atoms with E-state index in [0.717, 1.165) is 37.4 Å². The summed E-state index contributed by atoms with van der Waals surface area (Å²) < 4.78 is 1.89. The van der Waals surface area contributed by atoms with Crippen LogP contribution in [0.2, 0.25) is 0 Å². The highest BCUT2D eigenvalue weighted by atomic mass is 16.1. The maximum atomic E-state index is 12.0. The van der Waals surface area contributed by atoms with Crippen molar-refractivity contribution in [2.24, 2.45) is 5.92 Å². The smallest absolute Gasteiger partial charge is 0.220 e. The van der Waals surface area contributed by atoms with Crippen LogP contribution in [-0.4, -0.2) is 33.6 Å². The second-order valence-corrected chi connectivity index (χ2v) is 5.22. The van der Waals surface area contributed by atoms with Gasteiger partial charge in [-0.2, -0.15) is 0 Å². The molecule has 2 N–H and O–H groups in total. The minimum atomic E-state index is 0.101. The molecular weight excluding hydrogens is 254 g/mol. The van der Waals surface area contributed by atoms with Gasteiger partial charge in [0.2, 0.25) is 5.91 Å². The van der Waals surface area contributed by atoms with Crippen molar-refractivity contribution in [2.45, 2.75) is 25.8 Å². The van der Waals surface area contributed by atoms with Gasteiger partial charge in [0.15, 0.2) is 11.5 Å². The highest BCUT2D eigenvalue weighted by Crippen LogP contribution is 2.15. The van der Waals surface area contributed by atoms with Gasteiger partial charge in [0.1, 0.15) is 0 Å². The quantitative estimate of drug-likeness (QED) is 0.861. The topological polar surface area (TPSA) is 71.3 Å². The number of nitrogens with one attached hydrogen (secondary N) is 2. The molecule has 1 fully saturated rings. The summed E-state index contributed by atoms with van der Waals surface area (Å²) in [4.78, 5) is 12.0. The van der Waals surface area contributed by atoms with Gasteiger partial charge < -0.3 is 10.6 Å². The number of fused-ring (bicyclic) bond motifs is 1. The summed E-state index contributed by atoms with van der Waals surface area (Å²) in [5.74, 6) is 1.37. The number of pyridine rings is 1. The average molecular weight is 273 g/mol. The molecule has 0 aromatic carbocycles. The summed E-state index contributed by atoms with van der Waals surface area (Å²) in [6.45, 7) is 2.47. The molecule has 3 heterocycles. The van der Waals surface area contributed by atoms with E-state index in [-0.39, 0.29) is 5.91 Å². The van der Waals surface area contributed by atoms with Crippen molar-refractivity contribution >= 4 is 11.6 Å². The molecule has 6 heteroatoms. The summed E-state index contributed by atoms with van der Waals surface area (Å²) >= 11 is 0. The van der Waals surface area contributed by atoms with Crippen molar-refractivity contribution in [3.63, 3.8) is 0 Å². The third-order valence-electron chi connectivity index (χ3n) is 3.76. The number of hydrogen-bond acceptors (Lipinski definition) is 4. The third kappa shape index (κ3) is 2.96. The predicted molar refractivity (Wildman–Crippen MR) is 75.0 cm³/mol. The molecule has 6 nitrogen and oxygen atoms in total. The van der Waals surface area contributed by atoms with Crippen LogP contribution >= 0.6 is 0 Å². The Balaban J connectivity index is 1.54. The Morgan fingerprint density at radius 1 is 1.35 bits per heavy atom. The zero-order valence-electron chi connectivity index (χ0n) is 11.4. The first-order chi connectivity index (χ1) is 9.83. The van der Waals surface area contributed by atoms with Gasteiger partial charge in [-0.1, -0.05) is 6.07 Å². The zero-order valence-corrected chi connectivity index (χ0v) is 11.4. The number of rotatable bonds is 4. The molecule has 0 spiro atoms. The molecule has 0 aliphatic carbocycles. The Morgan fingerprint density at radius 2 is 2.20 bits per heavy atom. The van der Waals surface area contributed by atoms with Crippen molar-refractivity contribution in [1.29, 1.82) is 0 Å². The SMILES string of the molecule is O=C(CC1CCNCC1)NCc1nnc2ccccn12. The van der Waals surface area contributed by atoms with E-state index < -0.39 is 0 Å². The summed E-state index contributed by atoms with van der Waals surface area (Å²) in [7, 11) is 0. The number of piperidine rings is 1. The molecule has 3 rings (SSSR count). The van der Waals surface area contributed by atoms with Gasteiger partial charge in [-0.3, -0.25) is 9.20 Å². The first-order valence-electron chi connectivity index (χ1n) is 7.09. The van der Waals surface area contributed by atoms with Crippen LogP contribution in [0.4, 0.5) is 0 Å². The molecule has 2 aromatic heterocycles. The van der Waals surface area contributed by atoms with Crippen LogP contribution in [0.5, 0.6) is 0 Å². The number of carbonyl (C=O) groups excluding carboxylic acids is 1. The van der Waals surface area contributed by atoms with E-state index in [1.54, 1.807) is 0 Å². The van der Waals surface area contributed by atoms with E-state index in [2.05, 4.69) is 20.8 Å². The molecular formula is C14H19N5O. The van der Waals surface area contributed by atoms with Gasteiger partial charge in [0.05, 0.1) is 6.54 Å². The molecule has 20 heavy (non-hydrogen) atoms. The highest BCUT2D eigenvalue weighted by molar-refractivity contribution is 5.76. The molecule has 0 bridgehead atoms. The van der Waals surface area contributed by atoms with Crippen LogP contribution in [0, 0.1) is 5.92 Å². The van der Waals surface area contributed by atoms with Crippen LogP contribution in [-0.2, 0) is 11.3 Å². The standard InChI is InChI=1S/C14H19N5O/c20-14(9-11-4-6-15-7-5-11)16-10-13-18-17-12-3-1-2-8-19(12)13/h1-3,8,11,15H,4-7,9-10H2,(H,16,20). The largest absolute Gasteiger partial charge is 0.349 e. The average Bonchev–Trinajstić information content (AvgIpc) is 2.89. The number of nitrogens with zero attached hydrogens (tertiary/aromatic N) is 3. The number of hydrogen-bond donors (Lipinski definition) is 2. The van der Waals surface area contributed by atoms with E-state index in [4.69, 9.17) is 0 Å². The van der Waals surface area contributed by atoms with Crippen LogP contribution in [0.3, 0.4) is 0 Å². The van der Waals surface area contributed by atoms with Crippen molar-refractivity contribution in [2.75, 3.05) is 13.1 Å². The van der Waals surface area contributed by atoms with Gasteiger partial charge in [0, 0.05) is 12.6 Å². The third-order valence-corrected chi connectivity index (χ3v) is 3.76. The predicted octanol–water partition coefficient (Wildman–Crippen LogP) is 0.735. The summed E-state index contributed by atoms with van der Waals surface area (Å²) in [5, 5.41) is 14.4. The Hall–Kier alpha value is -1.95. The van der Waals surface area contributed by atoms with E-state index in [9.17, 15) is 4.79 Å². The van der Waals surface area contributed by atoms with E-state index >= 15 is 0 Å². The fourth-order valence-electron chi connectivity index (χ4n) is 2.61. The number of amides is 1. The van der Waals surface area contributed by atoms with Crippen LogP contribution < -0.4 is 10.6 Å². The lowest BCUT2D eigenvalue weighted by molar-refractivity contribution is -0.122. The van der Waals surface area contributed by atoms with Crippen LogP contribution in [0.15, 0.2) is 24.4 Å². The minimum Gasteiger partial charge on any atom is -0.349 e. The second kappa shape index (κ2) is 6.00. The molecule has 0 atom stereocenters. The van der Waals surface area contributed by atoms with E-state index in [1.807, 2.05) is 28.8 Å². The van der Waals surface area contributed by atoms with Crippen molar-refractivity contribution in [1.82, 2.24) is 25.2 Å². The first kappa shape index (κ1) is 13.1. The Bertz CT molecular complexity index is 588. The van der Waals surface area contributed by atoms with Gasteiger partial charge in [-0.15, -0.1) is 10.2 Å². The molecule has 1 saturated heterocycles. The monoisotopic (exact) mass is 273 g/mol. The first-order valence-corrected chi connectivity index (χ1v) is 7.09. The summed E-state index contributed by atoms with van der Waals surface area (Å²) in [6, 6.07) is 5.74. The molecule has 106 valence electrons. The van der Waals surface area contributed by atoms with E-state index in [1.165, 1.54) is 0 Å². The Kier molecular flexibility index (Phi) is 3.92. The maximum absolute atomic E-state index is 12.0. The fourth-order valence-corrected chi connectivity index (χ4v) is 2.61. The minimum absolute atomic E-state index is 0.101. The Labute approximate surface area is 117 Å². The van der Waals surface area contributed by atoms with E-state index in [0.29, 0.717) is 18.9 Å². The summed E-state index contributed by atoms with van der Waals surface area (Å²) in [6.07, 6.45) is 4.69. The van der Waals surface area contributed by atoms with Gasteiger partial charge in [-0.25, -0.2) is 0 Å². The highest BCUT2D eigenvalue weighted by Gasteiger charge is 2.17. The van der Waals surface area contributed by atoms with Crippen LogP contribution in [0.25, 0.3) is 5.65 Å².